The third kappa shape index (κ3) is 2.99. The zero-order valence-corrected chi connectivity index (χ0v) is 10.8. The normalized spacial score (nSPS) is 22.4. The van der Waals surface area contributed by atoms with E-state index >= 15 is 0 Å². The average molecular weight is 255 g/mol. The molecule has 0 aliphatic carbocycles. The molecule has 0 bridgehead atoms. The van der Waals surface area contributed by atoms with Crippen molar-refractivity contribution in [3.8, 4) is 0 Å². The van der Waals surface area contributed by atoms with E-state index in [4.69, 9.17) is 22.2 Å². The van der Waals surface area contributed by atoms with Crippen LogP contribution in [0.25, 0.3) is 0 Å². The highest BCUT2D eigenvalue weighted by Gasteiger charge is 2.24. The van der Waals surface area contributed by atoms with Crippen molar-refractivity contribution in [2.75, 3.05) is 13.2 Å². The molecule has 94 valence electrons. The fraction of sp³-hybridized carbons (Fsp3) is 0.538. The van der Waals surface area contributed by atoms with Gasteiger partial charge in [0, 0.05) is 17.5 Å². The average Bonchev–Trinajstić information content (AvgIpc) is 2.36. The summed E-state index contributed by atoms with van der Waals surface area (Å²) in [4.78, 5) is 0. The summed E-state index contributed by atoms with van der Waals surface area (Å²) in [5.41, 5.74) is 5.18. The summed E-state index contributed by atoms with van der Waals surface area (Å²) in [6.45, 7) is 3.65. The Hall–Kier alpha value is -0.610. The third-order valence-corrected chi connectivity index (χ3v) is 3.81. The third-order valence-electron chi connectivity index (χ3n) is 3.39. The Balaban J connectivity index is 2.18. The number of rotatable bonds is 3. The van der Waals surface area contributed by atoms with Crippen molar-refractivity contribution in [1.29, 1.82) is 0 Å². The number of halogens is 1. The van der Waals surface area contributed by atoms with Crippen LogP contribution < -0.4 is 11.3 Å². The topological polar surface area (TPSA) is 47.3 Å². The molecule has 1 saturated heterocycles. The van der Waals surface area contributed by atoms with Crippen LogP contribution in [0, 0.1) is 12.8 Å². The van der Waals surface area contributed by atoms with Crippen LogP contribution in [0.2, 0.25) is 5.02 Å². The van der Waals surface area contributed by atoms with Crippen molar-refractivity contribution in [3.63, 3.8) is 0 Å². The summed E-state index contributed by atoms with van der Waals surface area (Å²) in [6, 6.07) is 6.21. The van der Waals surface area contributed by atoms with Crippen LogP contribution in [-0.4, -0.2) is 13.2 Å². The molecule has 4 heteroatoms. The first kappa shape index (κ1) is 12.8. The quantitative estimate of drug-likeness (QED) is 0.644. The van der Waals surface area contributed by atoms with Gasteiger partial charge in [-0.05, 0) is 37.0 Å². The van der Waals surface area contributed by atoms with Crippen LogP contribution in [0.4, 0.5) is 0 Å². The molecule has 0 spiro atoms. The summed E-state index contributed by atoms with van der Waals surface area (Å²) in [6.07, 6.45) is 2.26. The minimum atomic E-state index is 0.145. The second kappa shape index (κ2) is 5.83. The maximum atomic E-state index is 6.04. The summed E-state index contributed by atoms with van der Waals surface area (Å²) >= 11 is 6.04. The molecular weight excluding hydrogens is 236 g/mol. The SMILES string of the molecule is Cc1cc(C(NN)C2CCCOC2)ccc1Cl. The maximum absolute atomic E-state index is 6.04. The number of benzene rings is 1. The monoisotopic (exact) mass is 254 g/mol. The lowest BCUT2D eigenvalue weighted by atomic mass is 9.88. The van der Waals surface area contributed by atoms with E-state index in [1.807, 2.05) is 19.1 Å². The van der Waals surface area contributed by atoms with Gasteiger partial charge in [0.15, 0.2) is 0 Å². The zero-order valence-electron chi connectivity index (χ0n) is 10.1. The predicted octanol–water partition coefficient (Wildman–Crippen LogP) is 2.58. The molecule has 1 aromatic carbocycles. The van der Waals surface area contributed by atoms with Crippen molar-refractivity contribution in [2.24, 2.45) is 11.8 Å². The van der Waals surface area contributed by atoms with E-state index in [0.717, 1.165) is 36.6 Å². The van der Waals surface area contributed by atoms with Gasteiger partial charge in [-0.25, -0.2) is 0 Å². The standard InChI is InChI=1S/C13H19ClN2O/c1-9-7-10(4-5-12(9)14)13(16-15)11-3-2-6-17-8-11/h4-5,7,11,13,16H,2-3,6,8,15H2,1H3. The molecule has 17 heavy (non-hydrogen) atoms. The van der Waals surface area contributed by atoms with Crippen LogP contribution >= 0.6 is 11.6 Å². The van der Waals surface area contributed by atoms with Crippen molar-refractivity contribution < 1.29 is 4.74 Å². The minimum Gasteiger partial charge on any atom is -0.381 e. The molecule has 1 aliphatic rings. The molecule has 3 nitrogen and oxygen atoms in total. The number of hydrazine groups is 1. The number of nitrogens with two attached hydrogens (primary N) is 1. The van der Waals surface area contributed by atoms with Gasteiger partial charge in [0.1, 0.15) is 0 Å². The Kier molecular flexibility index (Phi) is 4.40. The van der Waals surface area contributed by atoms with Gasteiger partial charge in [-0.2, -0.15) is 0 Å². The molecule has 2 atom stereocenters. The van der Waals surface area contributed by atoms with Crippen LogP contribution in [0.15, 0.2) is 18.2 Å². The second-order valence-corrected chi connectivity index (χ2v) is 5.04. The van der Waals surface area contributed by atoms with Gasteiger partial charge < -0.3 is 4.74 Å². The second-order valence-electron chi connectivity index (χ2n) is 4.63. The highest BCUT2D eigenvalue weighted by atomic mass is 35.5. The number of hydrogen-bond acceptors (Lipinski definition) is 3. The molecule has 1 fully saturated rings. The van der Waals surface area contributed by atoms with E-state index < -0.39 is 0 Å². The Bertz CT molecular complexity index is 378. The van der Waals surface area contributed by atoms with E-state index in [2.05, 4.69) is 11.5 Å². The van der Waals surface area contributed by atoms with Gasteiger partial charge in [0.05, 0.1) is 12.6 Å². The molecule has 1 aromatic rings. The fourth-order valence-electron chi connectivity index (χ4n) is 2.39. The van der Waals surface area contributed by atoms with E-state index in [-0.39, 0.29) is 6.04 Å². The first-order valence-corrected chi connectivity index (χ1v) is 6.40. The molecule has 0 amide bonds. The fourth-order valence-corrected chi connectivity index (χ4v) is 2.51. The van der Waals surface area contributed by atoms with Crippen molar-refractivity contribution >= 4 is 11.6 Å². The zero-order chi connectivity index (χ0) is 12.3. The smallest absolute Gasteiger partial charge is 0.0513 e. The Morgan fingerprint density at radius 1 is 1.53 bits per heavy atom. The van der Waals surface area contributed by atoms with Crippen molar-refractivity contribution in [2.45, 2.75) is 25.8 Å². The lowest BCUT2D eigenvalue weighted by Gasteiger charge is -2.30. The summed E-state index contributed by atoms with van der Waals surface area (Å²) in [5, 5.41) is 0.796. The number of aryl methyl sites for hydroxylation is 1. The van der Waals surface area contributed by atoms with E-state index in [9.17, 15) is 0 Å². The molecule has 1 heterocycles. The minimum absolute atomic E-state index is 0.145. The van der Waals surface area contributed by atoms with Gasteiger partial charge in [-0.15, -0.1) is 0 Å². The molecule has 0 saturated carbocycles. The van der Waals surface area contributed by atoms with Gasteiger partial charge in [-0.3, -0.25) is 11.3 Å². The van der Waals surface area contributed by atoms with Crippen LogP contribution in [0.5, 0.6) is 0 Å². The Morgan fingerprint density at radius 2 is 2.35 bits per heavy atom. The van der Waals surface area contributed by atoms with Gasteiger partial charge in [0.2, 0.25) is 0 Å². The van der Waals surface area contributed by atoms with Crippen molar-refractivity contribution in [3.05, 3.63) is 34.3 Å². The first-order valence-electron chi connectivity index (χ1n) is 6.02. The highest BCUT2D eigenvalue weighted by Crippen LogP contribution is 2.30. The lowest BCUT2D eigenvalue weighted by Crippen LogP contribution is -2.37. The molecule has 0 aromatic heterocycles. The molecule has 1 aliphatic heterocycles. The molecule has 3 N–H and O–H groups in total. The lowest BCUT2D eigenvalue weighted by molar-refractivity contribution is 0.0390. The van der Waals surface area contributed by atoms with E-state index in [1.54, 1.807) is 0 Å². The number of ether oxygens (including phenoxy) is 1. The molecule has 2 rings (SSSR count). The van der Waals surface area contributed by atoms with Gasteiger partial charge >= 0.3 is 0 Å². The Morgan fingerprint density at radius 3 is 2.94 bits per heavy atom. The number of hydrogen-bond donors (Lipinski definition) is 2. The van der Waals surface area contributed by atoms with Crippen molar-refractivity contribution in [1.82, 2.24) is 5.43 Å². The highest BCUT2D eigenvalue weighted by molar-refractivity contribution is 6.31. The van der Waals surface area contributed by atoms with Crippen LogP contribution in [0.3, 0.4) is 0 Å². The maximum Gasteiger partial charge on any atom is 0.0513 e. The van der Waals surface area contributed by atoms with Crippen LogP contribution in [-0.2, 0) is 4.74 Å². The summed E-state index contributed by atoms with van der Waals surface area (Å²) in [7, 11) is 0. The Labute approximate surface area is 107 Å². The van der Waals surface area contributed by atoms with Gasteiger partial charge in [0.25, 0.3) is 0 Å². The number of nitrogens with one attached hydrogen (secondary N) is 1. The van der Waals surface area contributed by atoms with Gasteiger partial charge in [-0.1, -0.05) is 23.7 Å². The predicted molar refractivity (Wildman–Crippen MR) is 69.8 cm³/mol. The first-order chi connectivity index (χ1) is 8.22. The van der Waals surface area contributed by atoms with E-state index in [1.165, 1.54) is 5.56 Å². The molecule has 0 radical (unpaired) electrons. The summed E-state index contributed by atoms with van der Waals surface area (Å²) < 4.78 is 5.52. The molecular formula is C13H19ClN2O. The largest absolute Gasteiger partial charge is 0.381 e. The van der Waals surface area contributed by atoms with E-state index in [0.29, 0.717) is 5.92 Å². The summed E-state index contributed by atoms with van der Waals surface area (Å²) in [5.74, 6) is 6.12. The van der Waals surface area contributed by atoms with Crippen LogP contribution in [0.1, 0.15) is 30.0 Å². The molecule has 2 unspecified atom stereocenters.